The zero-order valence-corrected chi connectivity index (χ0v) is 21.3. The van der Waals surface area contributed by atoms with Crippen LogP contribution in [0.25, 0.3) is 10.8 Å². The number of esters is 2. The number of rotatable bonds is 9. The summed E-state index contributed by atoms with van der Waals surface area (Å²) >= 11 is 0. The molecule has 3 rings (SSSR count). The molecule has 0 aliphatic carbocycles. The summed E-state index contributed by atoms with van der Waals surface area (Å²) in [4.78, 5) is 53.9. The number of hydrogen-bond donors (Lipinski definition) is 2. The molecule has 3 aromatic rings. The molecule has 0 aliphatic heterocycles. The molecule has 0 bridgehead atoms. The number of carbonyl (C=O) groups excluding carboxylic acids is 4. The third-order valence-corrected chi connectivity index (χ3v) is 6.06. The average molecular weight is 506 g/mol. The lowest BCUT2D eigenvalue weighted by molar-refractivity contribution is -0.149. The molecular weight excluding hydrogens is 474 g/mol. The van der Waals surface area contributed by atoms with Crippen molar-refractivity contribution in [1.29, 1.82) is 0 Å². The van der Waals surface area contributed by atoms with Crippen molar-refractivity contribution in [3.05, 3.63) is 77.9 Å². The quantitative estimate of drug-likeness (QED) is 0.257. The highest BCUT2D eigenvalue weighted by Gasteiger charge is 2.43. The summed E-state index contributed by atoms with van der Waals surface area (Å²) in [6.07, 6.45) is 0. The van der Waals surface area contributed by atoms with Gasteiger partial charge in [-0.1, -0.05) is 60.7 Å². The molecule has 194 valence electrons. The molecule has 0 saturated carbocycles. The molecule has 37 heavy (non-hydrogen) atoms. The number of fused-ring (bicyclic) bond motifs is 1. The number of carbonyl (C=O) groups is 4. The van der Waals surface area contributed by atoms with Gasteiger partial charge in [0.05, 0.1) is 24.4 Å². The Morgan fingerprint density at radius 1 is 0.946 bits per heavy atom. The third-order valence-electron chi connectivity index (χ3n) is 6.06. The van der Waals surface area contributed by atoms with Crippen LogP contribution in [0, 0.1) is 0 Å². The second-order valence-electron chi connectivity index (χ2n) is 8.97. The summed E-state index contributed by atoms with van der Waals surface area (Å²) in [6, 6.07) is 17.0. The third kappa shape index (κ3) is 5.68. The lowest BCUT2D eigenvalue weighted by Gasteiger charge is -2.32. The Bertz CT molecular complexity index is 1320. The van der Waals surface area contributed by atoms with Crippen LogP contribution < -0.4 is 16.4 Å². The lowest BCUT2D eigenvalue weighted by atomic mass is 9.87. The van der Waals surface area contributed by atoms with Crippen LogP contribution in [0.4, 0.5) is 5.69 Å². The van der Waals surface area contributed by atoms with Crippen molar-refractivity contribution < 1.29 is 28.7 Å². The standard InChI is InChI=1S/C28H31N3O6/c1-17(29)25(33)31(18(2)26(34)36-4)22-15-14-20-12-8-9-13-21(20)23(22)24(32)28(3,30)27(35)37-16-19-10-6-5-7-11-19/h5-15,17-18H,16,29-30H2,1-4H3/t17-,18-,28+/m0/s1. The molecule has 0 aliphatic rings. The Labute approximate surface area is 215 Å². The minimum absolute atomic E-state index is 0.00971. The van der Waals surface area contributed by atoms with Gasteiger partial charge in [-0.2, -0.15) is 0 Å². The molecule has 0 radical (unpaired) electrons. The van der Waals surface area contributed by atoms with E-state index in [4.69, 9.17) is 20.9 Å². The van der Waals surface area contributed by atoms with Gasteiger partial charge in [-0.05, 0) is 43.2 Å². The number of methoxy groups -OCH3 is 1. The number of amides is 1. The fourth-order valence-corrected chi connectivity index (χ4v) is 3.94. The highest BCUT2D eigenvalue weighted by atomic mass is 16.5. The topological polar surface area (TPSA) is 142 Å². The van der Waals surface area contributed by atoms with Crippen molar-refractivity contribution in [2.75, 3.05) is 12.0 Å². The van der Waals surface area contributed by atoms with Gasteiger partial charge in [-0.15, -0.1) is 0 Å². The van der Waals surface area contributed by atoms with E-state index in [0.717, 1.165) is 10.5 Å². The van der Waals surface area contributed by atoms with Gasteiger partial charge in [0.1, 0.15) is 12.6 Å². The first-order valence-electron chi connectivity index (χ1n) is 11.7. The number of hydrogen-bond acceptors (Lipinski definition) is 8. The smallest absolute Gasteiger partial charge is 0.334 e. The number of nitrogens with two attached hydrogens (primary N) is 2. The van der Waals surface area contributed by atoms with E-state index in [9.17, 15) is 19.2 Å². The fraction of sp³-hybridized carbons (Fsp3) is 0.286. The predicted octanol–water partition coefficient (Wildman–Crippen LogP) is 2.72. The second-order valence-corrected chi connectivity index (χ2v) is 8.97. The summed E-state index contributed by atoms with van der Waals surface area (Å²) in [6.45, 7) is 4.12. The molecule has 4 N–H and O–H groups in total. The van der Waals surface area contributed by atoms with Gasteiger partial charge < -0.3 is 20.9 Å². The van der Waals surface area contributed by atoms with Gasteiger partial charge in [0.25, 0.3) is 0 Å². The molecule has 0 spiro atoms. The van der Waals surface area contributed by atoms with Gasteiger partial charge in [0.15, 0.2) is 11.3 Å². The molecule has 1 amide bonds. The van der Waals surface area contributed by atoms with Crippen molar-refractivity contribution in [1.82, 2.24) is 0 Å². The molecule has 0 fully saturated rings. The van der Waals surface area contributed by atoms with Crippen LogP contribution in [-0.2, 0) is 30.5 Å². The van der Waals surface area contributed by atoms with Crippen LogP contribution >= 0.6 is 0 Å². The largest absolute Gasteiger partial charge is 0.467 e. The molecule has 3 aromatic carbocycles. The summed E-state index contributed by atoms with van der Waals surface area (Å²) in [5, 5.41) is 1.11. The second kappa shape index (κ2) is 11.3. The lowest BCUT2D eigenvalue weighted by Crippen LogP contribution is -2.54. The Hall–Kier alpha value is -4.08. The monoisotopic (exact) mass is 505 g/mol. The van der Waals surface area contributed by atoms with Crippen molar-refractivity contribution in [3.63, 3.8) is 0 Å². The number of Topliss-reactive ketones (excluding diaryl/α,β-unsaturated/α-hetero) is 1. The van der Waals surface area contributed by atoms with Gasteiger partial charge >= 0.3 is 11.9 Å². The van der Waals surface area contributed by atoms with E-state index in [1.165, 1.54) is 33.9 Å². The van der Waals surface area contributed by atoms with E-state index in [0.29, 0.717) is 10.8 Å². The van der Waals surface area contributed by atoms with E-state index in [-0.39, 0.29) is 17.9 Å². The van der Waals surface area contributed by atoms with E-state index >= 15 is 0 Å². The van der Waals surface area contributed by atoms with Gasteiger partial charge in [0, 0.05) is 0 Å². The zero-order valence-electron chi connectivity index (χ0n) is 21.3. The van der Waals surface area contributed by atoms with Crippen molar-refractivity contribution in [2.24, 2.45) is 11.5 Å². The maximum atomic E-state index is 14.0. The van der Waals surface area contributed by atoms with E-state index in [2.05, 4.69) is 0 Å². The number of ether oxygens (including phenoxy) is 2. The Balaban J connectivity index is 2.14. The maximum Gasteiger partial charge on any atom is 0.334 e. The molecular formula is C28H31N3O6. The van der Waals surface area contributed by atoms with Crippen LogP contribution in [-0.4, -0.2) is 48.4 Å². The minimum atomic E-state index is -2.11. The van der Waals surface area contributed by atoms with Crippen LogP contribution in [0.3, 0.4) is 0 Å². The van der Waals surface area contributed by atoms with Gasteiger partial charge in [-0.3, -0.25) is 14.5 Å². The van der Waals surface area contributed by atoms with Crippen molar-refractivity contribution >= 4 is 40.1 Å². The summed E-state index contributed by atoms with van der Waals surface area (Å²) in [7, 11) is 1.19. The summed E-state index contributed by atoms with van der Waals surface area (Å²) in [5.41, 5.74) is 10.9. The molecule has 0 unspecified atom stereocenters. The van der Waals surface area contributed by atoms with Crippen LogP contribution in [0.5, 0.6) is 0 Å². The van der Waals surface area contributed by atoms with Crippen molar-refractivity contribution in [3.8, 4) is 0 Å². The van der Waals surface area contributed by atoms with Crippen LogP contribution in [0.15, 0.2) is 66.7 Å². The van der Waals surface area contributed by atoms with Crippen molar-refractivity contribution in [2.45, 2.75) is 45.0 Å². The molecule has 0 saturated heterocycles. The number of anilines is 1. The molecule has 0 aromatic heterocycles. The molecule has 0 heterocycles. The highest BCUT2D eigenvalue weighted by molar-refractivity contribution is 6.24. The van der Waals surface area contributed by atoms with E-state index < -0.39 is 41.3 Å². The minimum Gasteiger partial charge on any atom is -0.467 e. The fourth-order valence-electron chi connectivity index (χ4n) is 3.94. The molecule has 9 nitrogen and oxygen atoms in total. The Kier molecular flexibility index (Phi) is 8.42. The zero-order chi connectivity index (χ0) is 27.3. The maximum absolute atomic E-state index is 14.0. The first-order chi connectivity index (χ1) is 17.5. The summed E-state index contributed by atoms with van der Waals surface area (Å²) in [5.74, 6) is -3.05. The van der Waals surface area contributed by atoms with Gasteiger partial charge in [0.2, 0.25) is 5.91 Å². The average Bonchev–Trinajstić information content (AvgIpc) is 2.90. The first-order valence-corrected chi connectivity index (χ1v) is 11.7. The molecule has 9 heteroatoms. The highest BCUT2D eigenvalue weighted by Crippen LogP contribution is 2.34. The first kappa shape index (κ1) is 27.5. The molecule has 3 atom stereocenters. The Morgan fingerprint density at radius 3 is 2.19 bits per heavy atom. The number of benzene rings is 3. The SMILES string of the molecule is COC(=O)[C@H](C)N(C(=O)[C@H](C)N)c1ccc2ccccc2c1C(=O)[C@@](C)(N)C(=O)OCc1ccccc1. The summed E-state index contributed by atoms with van der Waals surface area (Å²) < 4.78 is 10.2. The van der Waals surface area contributed by atoms with Crippen LogP contribution in [0.2, 0.25) is 0 Å². The van der Waals surface area contributed by atoms with Crippen LogP contribution in [0.1, 0.15) is 36.7 Å². The normalized spacial score (nSPS) is 14.2. The predicted molar refractivity (Wildman–Crippen MR) is 140 cm³/mol. The van der Waals surface area contributed by atoms with Gasteiger partial charge in [-0.25, -0.2) is 9.59 Å². The number of nitrogens with zero attached hydrogens (tertiary/aromatic N) is 1. The van der Waals surface area contributed by atoms with E-state index in [1.54, 1.807) is 54.6 Å². The Morgan fingerprint density at radius 2 is 1.57 bits per heavy atom. The number of ketones is 1. The van der Waals surface area contributed by atoms with E-state index in [1.807, 2.05) is 6.07 Å².